The second-order valence-electron chi connectivity index (χ2n) is 4.54. The molecule has 2 rings (SSSR count). The van der Waals surface area contributed by atoms with E-state index in [9.17, 15) is 4.79 Å². The van der Waals surface area contributed by atoms with Crippen molar-refractivity contribution in [2.24, 2.45) is 0 Å². The van der Waals surface area contributed by atoms with Crippen LogP contribution in [0.5, 0.6) is 5.75 Å². The van der Waals surface area contributed by atoms with Gasteiger partial charge in [0.1, 0.15) is 11.9 Å². The van der Waals surface area contributed by atoms with Crippen molar-refractivity contribution in [2.45, 2.75) is 19.6 Å². The van der Waals surface area contributed by atoms with Gasteiger partial charge in [0, 0.05) is 6.20 Å². The highest BCUT2D eigenvalue weighted by molar-refractivity contribution is 5.93. The van der Waals surface area contributed by atoms with Crippen LogP contribution in [-0.2, 0) is 16.1 Å². The van der Waals surface area contributed by atoms with E-state index in [0.717, 1.165) is 11.3 Å². The molecule has 0 spiro atoms. The molecule has 110 valence electrons. The van der Waals surface area contributed by atoms with E-state index in [1.807, 2.05) is 24.3 Å². The van der Waals surface area contributed by atoms with Gasteiger partial charge in [0.15, 0.2) is 0 Å². The van der Waals surface area contributed by atoms with Gasteiger partial charge < -0.3 is 14.8 Å². The number of benzene rings is 1. The van der Waals surface area contributed by atoms with Gasteiger partial charge in [-0.15, -0.1) is 0 Å². The third-order valence-electron chi connectivity index (χ3n) is 2.93. The minimum absolute atomic E-state index is 0.203. The molecule has 0 aliphatic heterocycles. The maximum atomic E-state index is 12.0. The monoisotopic (exact) mass is 286 g/mol. The lowest BCUT2D eigenvalue weighted by molar-refractivity contribution is -0.127. The molecule has 5 heteroatoms. The highest BCUT2D eigenvalue weighted by Crippen LogP contribution is 2.14. The van der Waals surface area contributed by atoms with E-state index >= 15 is 0 Å². The molecular weight excluding hydrogens is 268 g/mol. The van der Waals surface area contributed by atoms with Crippen LogP contribution in [-0.4, -0.2) is 24.1 Å². The standard InChI is InChI=1S/C16H18N2O3/c1-12(16(19)18-14-6-4-8-17-10-14)21-11-13-5-3-7-15(9-13)20-2/h3-10,12H,11H2,1-2H3,(H,18,19). The summed E-state index contributed by atoms with van der Waals surface area (Å²) in [5, 5.41) is 2.75. The van der Waals surface area contributed by atoms with E-state index in [2.05, 4.69) is 10.3 Å². The molecule has 1 aromatic heterocycles. The van der Waals surface area contributed by atoms with E-state index < -0.39 is 6.10 Å². The van der Waals surface area contributed by atoms with Gasteiger partial charge in [-0.05, 0) is 36.8 Å². The van der Waals surface area contributed by atoms with Crippen LogP contribution in [0, 0.1) is 0 Å². The number of ether oxygens (including phenoxy) is 2. The molecule has 1 unspecified atom stereocenters. The number of hydrogen-bond donors (Lipinski definition) is 1. The summed E-state index contributed by atoms with van der Waals surface area (Å²) >= 11 is 0. The van der Waals surface area contributed by atoms with Crippen LogP contribution >= 0.6 is 0 Å². The summed E-state index contributed by atoms with van der Waals surface area (Å²) in [6.07, 6.45) is 2.68. The quantitative estimate of drug-likeness (QED) is 0.886. The highest BCUT2D eigenvalue weighted by Gasteiger charge is 2.13. The first-order valence-corrected chi connectivity index (χ1v) is 6.64. The van der Waals surface area contributed by atoms with E-state index in [1.165, 1.54) is 0 Å². The fraction of sp³-hybridized carbons (Fsp3) is 0.250. The van der Waals surface area contributed by atoms with E-state index in [4.69, 9.17) is 9.47 Å². The average Bonchev–Trinajstić information content (AvgIpc) is 2.53. The number of carbonyl (C=O) groups is 1. The van der Waals surface area contributed by atoms with Crippen LogP contribution in [0.25, 0.3) is 0 Å². The summed E-state index contributed by atoms with van der Waals surface area (Å²) in [7, 11) is 1.62. The summed E-state index contributed by atoms with van der Waals surface area (Å²) in [4.78, 5) is 15.9. The topological polar surface area (TPSA) is 60.5 Å². The summed E-state index contributed by atoms with van der Waals surface area (Å²) in [6, 6.07) is 11.1. The summed E-state index contributed by atoms with van der Waals surface area (Å²) < 4.78 is 10.7. The Morgan fingerprint density at radius 2 is 2.19 bits per heavy atom. The van der Waals surface area contributed by atoms with E-state index in [1.54, 1.807) is 38.6 Å². The Labute approximate surface area is 123 Å². The predicted molar refractivity (Wildman–Crippen MR) is 80.1 cm³/mol. The van der Waals surface area contributed by atoms with Crippen LogP contribution in [0.15, 0.2) is 48.8 Å². The summed E-state index contributed by atoms with van der Waals surface area (Å²) in [5.41, 5.74) is 1.61. The Kier molecular flexibility index (Phi) is 5.29. The molecule has 21 heavy (non-hydrogen) atoms. The minimum atomic E-state index is -0.559. The molecule has 0 aliphatic rings. The zero-order valence-electron chi connectivity index (χ0n) is 12.1. The molecule has 0 saturated carbocycles. The molecule has 1 heterocycles. The number of nitrogens with one attached hydrogen (secondary N) is 1. The van der Waals surface area contributed by atoms with E-state index in [-0.39, 0.29) is 5.91 Å². The zero-order valence-corrected chi connectivity index (χ0v) is 12.1. The molecule has 5 nitrogen and oxygen atoms in total. The van der Waals surface area contributed by atoms with Gasteiger partial charge in [-0.3, -0.25) is 9.78 Å². The van der Waals surface area contributed by atoms with Crippen molar-refractivity contribution in [3.8, 4) is 5.75 Å². The molecule has 1 aromatic carbocycles. The second-order valence-corrected chi connectivity index (χ2v) is 4.54. The SMILES string of the molecule is COc1cccc(COC(C)C(=O)Nc2cccnc2)c1. The van der Waals surface area contributed by atoms with Crippen molar-refractivity contribution in [1.82, 2.24) is 4.98 Å². The Hall–Kier alpha value is -2.40. The van der Waals surface area contributed by atoms with Gasteiger partial charge in [0.2, 0.25) is 0 Å². The number of pyridine rings is 1. The maximum Gasteiger partial charge on any atom is 0.253 e. The molecule has 0 radical (unpaired) electrons. The van der Waals surface area contributed by atoms with Crippen LogP contribution < -0.4 is 10.1 Å². The number of carbonyl (C=O) groups excluding carboxylic acids is 1. The third-order valence-corrected chi connectivity index (χ3v) is 2.93. The lowest BCUT2D eigenvalue weighted by atomic mass is 10.2. The third kappa shape index (κ3) is 4.57. The number of anilines is 1. The minimum Gasteiger partial charge on any atom is -0.497 e. The van der Waals surface area contributed by atoms with Crippen molar-refractivity contribution in [2.75, 3.05) is 12.4 Å². The van der Waals surface area contributed by atoms with Gasteiger partial charge in [-0.1, -0.05) is 12.1 Å². The molecule has 0 saturated heterocycles. The first kappa shape index (κ1) is 15.0. The Morgan fingerprint density at radius 1 is 1.33 bits per heavy atom. The molecule has 1 amide bonds. The van der Waals surface area contributed by atoms with Crippen LogP contribution in [0.1, 0.15) is 12.5 Å². The van der Waals surface area contributed by atoms with Crippen molar-refractivity contribution in [3.05, 3.63) is 54.4 Å². The molecular formula is C16H18N2O3. The van der Waals surface area contributed by atoms with Crippen LogP contribution in [0.4, 0.5) is 5.69 Å². The average molecular weight is 286 g/mol. The Balaban J connectivity index is 1.86. The molecule has 2 aromatic rings. The first-order chi connectivity index (χ1) is 10.2. The van der Waals surface area contributed by atoms with Gasteiger partial charge in [0.05, 0.1) is 25.6 Å². The fourth-order valence-electron chi connectivity index (χ4n) is 1.74. The number of aromatic nitrogens is 1. The highest BCUT2D eigenvalue weighted by atomic mass is 16.5. The second kappa shape index (κ2) is 7.40. The van der Waals surface area contributed by atoms with Gasteiger partial charge in [-0.2, -0.15) is 0 Å². The normalized spacial score (nSPS) is 11.7. The molecule has 0 aliphatic carbocycles. The predicted octanol–water partition coefficient (Wildman–Crippen LogP) is 2.63. The Morgan fingerprint density at radius 3 is 2.90 bits per heavy atom. The maximum absolute atomic E-state index is 12.0. The number of methoxy groups -OCH3 is 1. The lowest BCUT2D eigenvalue weighted by Crippen LogP contribution is -2.27. The number of nitrogens with zero attached hydrogens (tertiary/aromatic N) is 1. The summed E-state index contributed by atoms with van der Waals surface area (Å²) in [6.45, 7) is 2.06. The molecule has 0 bridgehead atoms. The van der Waals surface area contributed by atoms with Crippen LogP contribution in [0.2, 0.25) is 0 Å². The molecule has 0 fully saturated rings. The number of rotatable bonds is 6. The van der Waals surface area contributed by atoms with Crippen molar-refractivity contribution < 1.29 is 14.3 Å². The Bertz CT molecular complexity index is 587. The fourth-order valence-corrected chi connectivity index (χ4v) is 1.74. The number of hydrogen-bond acceptors (Lipinski definition) is 4. The van der Waals surface area contributed by atoms with Crippen molar-refractivity contribution >= 4 is 11.6 Å². The van der Waals surface area contributed by atoms with Gasteiger partial charge >= 0.3 is 0 Å². The van der Waals surface area contributed by atoms with E-state index in [0.29, 0.717) is 12.3 Å². The van der Waals surface area contributed by atoms with Crippen LogP contribution in [0.3, 0.4) is 0 Å². The summed E-state index contributed by atoms with van der Waals surface area (Å²) in [5.74, 6) is 0.564. The smallest absolute Gasteiger partial charge is 0.253 e. The molecule has 1 N–H and O–H groups in total. The zero-order chi connectivity index (χ0) is 15.1. The van der Waals surface area contributed by atoms with Gasteiger partial charge in [-0.25, -0.2) is 0 Å². The van der Waals surface area contributed by atoms with Crippen molar-refractivity contribution in [3.63, 3.8) is 0 Å². The van der Waals surface area contributed by atoms with Crippen molar-refractivity contribution in [1.29, 1.82) is 0 Å². The van der Waals surface area contributed by atoms with Gasteiger partial charge in [0.25, 0.3) is 5.91 Å². The lowest BCUT2D eigenvalue weighted by Gasteiger charge is -2.13. The number of amides is 1. The first-order valence-electron chi connectivity index (χ1n) is 6.64. The molecule has 1 atom stereocenters. The largest absolute Gasteiger partial charge is 0.497 e.